The molecule has 2 N–H and O–H groups in total. The van der Waals surface area contributed by atoms with Crippen LogP contribution in [0.1, 0.15) is 17.0 Å². The number of fused-ring (bicyclic) bond motifs is 1. The number of hydrogen-bond acceptors (Lipinski definition) is 7. The van der Waals surface area contributed by atoms with Crippen LogP contribution in [0.5, 0.6) is 0 Å². The molecular formula is C21H22N4O2S. The van der Waals surface area contributed by atoms with E-state index in [1.165, 1.54) is 5.56 Å². The first kappa shape index (κ1) is 18.9. The van der Waals surface area contributed by atoms with Crippen LogP contribution < -0.4 is 5.32 Å². The molecule has 3 aromatic rings. The van der Waals surface area contributed by atoms with Crippen LogP contribution in [0.25, 0.3) is 11.5 Å². The number of nitrogens with one attached hydrogen (secondary N) is 1. The first-order chi connectivity index (χ1) is 13.9. The Bertz CT molecular complexity index is 909. The van der Waals surface area contributed by atoms with Crippen molar-refractivity contribution in [3.05, 3.63) is 65.9 Å². The number of anilines is 1. The third-order valence-electron chi connectivity index (χ3n) is 4.52. The molecule has 0 amide bonds. The van der Waals surface area contributed by atoms with E-state index in [9.17, 15) is 0 Å². The highest BCUT2D eigenvalue weighted by molar-refractivity contribution is 7.99. The second-order valence-electron chi connectivity index (χ2n) is 6.37. The first-order valence-corrected chi connectivity index (χ1v) is 10.3. The maximum atomic E-state index is 8.86. The molecule has 1 atom stereocenters. The van der Waals surface area contributed by atoms with E-state index >= 15 is 0 Å². The molecule has 1 unspecified atom stereocenters. The lowest BCUT2D eigenvalue weighted by atomic mass is 9.94. The zero-order valence-corrected chi connectivity index (χ0v) is 16.2. The second kappa shape index (κ2) is 9.14. The van der Waals surface area contributed by atoms with Crippen molar-refractivity contribution in [3.63, 3.8) is 0 Å². The van der Waals surface area contributed by atoms with Gasteiger partial charge in [0.05, 0.1) is 19.8 Å². The summed E-state index contributed by atoms with van der Waals surface area (Å²) in [5.74, 6) is 2.64. The summed E-state index contributed by atoms with van der Waals surface area (Å²) < 4.78 is 5.38. The van der Waals surface area contributed by atoms with Crippen LogP contribution in [-0.4, -0.2) is 52.2 Å². The SMILES string of the molecule is OCCOCCNc1nc(-c2ccccn2)nc2c1C(c1ccccc1)CS2. The molecule has 6 nitrogen and oxygen atoms in total. The summed E-state index contributed by atoms with van der Waals surface area (Å²) in [5, 5.41) is 13.3. The van der Waals surface area contributed by atoms with Gasteiger partial charge in [0.15, 0.2) is 5.82 Å². The fraction of sp³-hybridized carbons (Fsp3) is 0.286. The average molecular weight is 395 g/mol. The van der Waals surface area contributed by atoms with Crippen molar-refractivity contribution in [2.24, 2.45) is 0 Å². The number of aliphatic hydroxyl groups is 1. The Morgan fingerprint density at radius 2 is 1.93 bits per heavy atom. The number of aromatic nitrogens is 3. The molecule has 0 fully saturated rings. The molecule has 1 aromatic carbocycles. The monoisotopic (exact) mass is 394 g/mol. The summed E-state index contributed by atoms with van der Waals surface area (Å²) in [5.41, 5.74) is 3.16. The third kappa shape index (κ3) is 4.16. The van der Waals surface area contributed by atoms with Crippen LogP contribution in [0.4, 0.5) is 5.82 Å². The Morgan fingerprint density at radius 1 is 1.07 bits per heavy atom. The maximum absolute atomic E-state index is 8.86. The molecule has 0 radical (unpaired) electrons. The van der Waals surface area contributed by atoms with Gasteiger partial charge < -0.3 is 15.2 Å². The van der Waals surface area contributed by atoms with Crippen LogP contribution in [0.2, 0.25) is 0 Å². The van der Waals surface area contributed by atoms with E-state index in [1.807, 2.05) is 24.3 Å². The van der Waals surface area contributed by atoms with Crippen molar-refractivity contribution in [2.75, 3.05) is 37.4 Å². The largest absolute Gasteiger partial charge is 0.394 e. The Labute approximate surface area is 168 Å². The Kier molecular flexibility index (Phi) is 6.16. The highest BCUT2D eigenvalue weighted by Gasteiger charge is 2.31. The van der Waals surface area contributed by atoms with Gasteiger partial charge >= 0.3 is 0 Å². The first-order valence-electron chi connectivity index (χ1n) is 9.30. The average Bonchev–Trinajstić information content (AvgIpc) is 3.19. The number of rotatable bonds is 8. The van der Waals surface area contributed by atoms with Crippen LogP contribution in [-0.2, 0) is 4.74 Å². The minimum absolute atomic E-state index is 0.0272. The van der Waals surface area contributed by atoms with Gasteiger partial charge in [0.25, 0.3) is 0 Å². The predicted octanol–water partition coefficient (Wildman–Crippen LogP) is 3.20. The van der Waals surface area contributed by atoms with E-state index in [2.05, 4.69) is 34.6 Å². The number of benzene rings is 1. The standard InChI is InChI=1S/C21H22N4O2S/c26-11-13-27-12-10-23-20-18-16(15-6-2-1-3-7-15)14-28-21(18)25-19(24-20)17-8-4-5-9-22-17/h1-9,16,26H,10-14H2,(H,23,24,25). The molecule has 3 heterocycles. The third-order valence-corrected chi connectivity index (χ3v) is 5.60. The van der Waals surface area contributed by atoms with Crippen LogP contribution >= 0.6 is 11.8 Å². The molecule has 1 aliphatic rings. The van der Waals surface area contributed by atoms with Gasteiger partial charge in [-0.2, -0.15) is 0 Å². The van der Waals surface area contributed by atoms with E-state index in [0.29, 0.717) is 25.6 Å². The van der Waals surface area contributed by atoms with Gasteiger partial charge in [0.1, 0.15) is 16.5 Å². The number of hydrogen-bond donors (Lipinski definition) is 2. The van der Waals surface area contributed by atoms with Crippen molar-refractivity contribution in [1.82, 2.24) is 15.0 Å². The zero-order chi connectivity index (χ0) is 19.2. The van der Waals surface area contributed by atoms with Gasteiger partial charge in [-0.05, 0) is 17.7 Å². The van der Waals surface area contributed by atoms with Crippen molar-refractivity contribution >= 4 is 17.6 Å². The molecule has 1 aliphatic heterocycles. The summed E-state index contributed by atoms with van der Waals surface area (Å²) in [6.07, 6.45) is 1.75. The lowest BCUT2D eigenvalue weighted by molar-refractivity contribution is 0.0992. The van der Waals surface area contributed by atoms with Crippen LogP contribution in [0, 0.1) is 0 Å². The highest BCUT2D eigenvalue weighted by Crippen LogP contribution is 2.45. The lowest BCUT2D eigenvalue weighted by Crippen LogP contribution is -2.15. The van der Waals surface area contributed by atoms with Crippen LogP contribution in [0.15, 0.2) is 59.8 Å². The van der Waals surface area contributed by atoms with E-state index in [-0.39, 0.29) is 12.5 Å². The summed E-state index contributed by atoms with van der Waals surface area (Å²) in [6, 6.07) is 16.2. The normalized spacial score (nSPS) is 15.4. The topological polar surface area (TPSA) is 80.2 Å². The minimum Gasteiger partial charge on any atom is -0.394 e. The van der Waals surface area contributed by atoms with Crippen molar-refractivity contribution in [2.45, 2.75) is 10.9 Å². The Morgan fingerprint density at radius 3 is 2.71 bits per heavy atom. The molecule has 4 rings (SSSR count). The van der Waals surface area contributed by atoms with Crippen molar-refractivity contribution in [3.8, 4) is 11.5 Å². The van der Waals surface area contributed by atoms with Crippen LogP contribution in [0.3, 0.4) is 0 Å². The highest BCUT2D eigenvalue weighted by atomic mass is 32.2. The zero-order valence-electron chi connectivity index (χ0n) is 15.4. The summed E-state index contributed by atoms with van der Waals surface area (Å²) in [7, 11) is 0. The molecule has 0 bridgehead atoms. The van der Waals surface area contributed by atoms with Gasteiger partial charge in [0.2, 0.25) is 0 Å². The molecule has 144 valence electrons. The second-order valence-corrected chi connectivity index (χ2v) is 7.38. The molecule has 0 spiro atoms. The van der Waals surface area contributed by atoms with Gasteiger partial charge in [-0.15, -0.1) is 11.8 Å². The fourth-order valence-corrected chi connectivity index (χ4v) is 4.45. The van der Waals surface area contributed by atoms with Gasteiger partial charge in [-0.25, -0.2) is 9.97 Å². The molecule has 2 aromatic heterocycles. The molecule has 0 saturated heterocycles. The quantitative estimate of drug-likeness (QED) is 0.449. The number of thioether (sulfide) groups is 1. The fourth-order valence-electron chi connectivity index (χ4n) is 3.22. The van der Waals surface area contributed by atoms with Gasteiger partial charge in [-0.3, -0.25) is 4.98 Å². The maximum Gasteiger partial charge on any atom is 0.181 e. The van der Waals surface area contributed by atoms with E-state index in [0.717, 1.165) is 27.9 Å². The molecule has 0 aliphatic carbocycles. The number of aliphatic hydroxyl groups excluding tert-OH is 1. The lowest BCUT2D eigenvalue weighted by Gasteiger charge is -2.16. The Balaban J connectivity index is 1.67. The smallest absolute Gasteiger partial charge is 0.181 e. The molecule has 7 heteroatoms. The van der Waals surface area contributed by atoms with E-state index < -0.39 is 0 Å². The summed E-state index contributed by atoms with van der Waals surface area (Å²) in [6.45, 7) is 1.48. The summed E-state index contributed by atoms with van der Waals surface area (Å²) in [4.78, 5) is 14.0. The Hall–Kier alpha value is -2.48. The van der Waals surface area contributed by atoms with Crippen molar-refractivity contribution in [1.29, 1.82) is 0 Å². The number of nitrogens with zero attached hydrogens (tertiary/aromatic N) is 3. The summed E-state index contributed by atoms with van der Waals surface area (Å²) >= 11 is 1.76. The van der Waals surface area contributed by atoms with Gasteiger partial charge in [0, 0.05) is 30.0 Å². The number of ether oxygens (including phenoxy) is 1. The molecular weight excluding hydrogens is 372 g/mol. The molecule has 0 saturated carbocycles. The van der Waals surface area contributed by atoms with Gasteiger partial charge in [-0.1, -0.05) is 36.4 Å². The van der Waals surface area contributed by atoms with Crippen molar-refractivity contribution < 1.29 is 9.84 Å². The minimum atomic E-state index is 0.0272. The predicted molar refractivity (Wildman–Crippen MR) is 111 cm³/mol. The van der Waals surface area contributed by atoms with E-state index in [1.54, 1.807) is 18.0 Å². The molecule has 28 heavy (non-hydrogen) atoms. The number of pyridine rings is 1. The van der Waals surface area contributed by atoms with E-state index in [4.69, 9.17) is 19.8 Å².